The number of aryl methyl sites for hydroxylation is 1. The molecule has 0 saturated carbocycles. The van der Waals surface area contributed by atoms with Crippen LogP contribution in [0.15, 0.2) is 50.3 Å². The van der Waals surface area contributed by atoms with Crippen molar-refractivity contribution in [2.75, 3.05) is 12.3 Å². The van der Waals surface area contributed by atoms with E-state index in [9.17, 15) is 4.79 Å². The Kier molecular flexibility index (Phi) is 5.25. The summed E-state index contributed by atoms with van der Waals surface area (Å²) in [7, 11) is 0. The predicted molar refractivity (Wildman–Crippen MR) is 87.1 cm³/mol. The Morgan fingerprint density at radius 2 is 2.00 bits per heavy atom. The van der Waals surface area contributed by atoms with Gasteiger partial charge in [-0.2, -0.15) is 0 Å². The van der Waals surface area contributed by atoms with E-state index in [1.165, 1.54) is 6.07 Å². The third kappa shape index (κ3) is 4.11. The number of hydrogen-bond acceptors (Lipinski definition) is 3. The van der Waals surface area contributed by atoms with Crippen LogP contribution in [-0.2, 0) is 6.54 Å². The lowest BCUT2D eigenvalue weighted by molar-refractivity contribution is 0.299. The lowest BCUT2D eigenvalue weighted by Gasteiger charge is -2.09. The van der Waals surface area contributed by atoms with Gasteiger partial charge in [-0.3, -0.25) is 4.79 Å². The highest BCUT2D eigenvalue weighted by atomic mass is 79.9. The standard InChI is InChI=1S/C14H14Br2N2O2/c15-10-2-4-13(12(16)8-10)20-7-1-6-18-9-11(17)3-5-14(18)19/h2-5,8-9H,1,6-7,17H2. The fraction of sp³-hybridized carbons (Fsp3) is 0.214. The fourth-order valence-electron chi connectivity index (χ4n) is 1.73. The van der Waals surface area contributed by atoms with Gasteiger partial charge in [-0.25, -0.2) is 0 Å². The molecule has 4 nitrogen and oxygen atoms in total. The lowest BCUT2D eigenvalue weighted by Crippen LogP contribution is -2.20. The second-order valence-corrected chi connectivity index (χ2v) is 6.04. The van der Waals surface area contributed by atoms with E-state index in [2.05, 4.69) is 31.9 Å². The van der Waals surface area contributed by atoms with Gasteiger partial charge in [0.15, 0.2) is 0 Å². The molecule has 0 aliphatic carbocycles. The number of aromatic nitrogens is 1. The van der Waals surface area contributed by atoms with Gasteiger partial charge < -0.3 is 15.0 Å². The van der Waals surface area contributed by atoms with Gasteiger partial charge in [-0.1, -0.05) is 15.9 Å². The summed E-state index contributed by atoms with van der Waals surface area (Å²) in [6.07, 6.45) is 2.38. The molecular formula is C14H14Br2N2O2. The van der Waals surface area contributed by atoms with Gasteiger partial charge in [0.1, 0.15) is 5.75 Å². The molecule has 1 heterocycles. The average molecular weight is 402 g/mol. The number of nitrogen functional groups attached to an aromatic ring is 1. The van der Waals surface area contributed by atoms with E-state index in [-0.39, 0.29) is 5.56 Å². The Bertz CT molecular complexity index is 656. The highest BCUT2D eigenvalue weighted by molar-refractivity contribution is 9.11. The Morgan fingerprint density at radius 3 is 2.75 bits per heavy atom. The first kappa shape index (κ1) is 15.1. The minimum absolute atomic E-state index is 0.0518. The summed E-state index contributed by atoms with van der Waals surface area (Å²) >= 11 is 6.83. The van der Waals surface area contributed by atoms with Crippen molar-refractivity contribution in [3.63, 3.8) is 0 Å². The molecule has 2 aromatic rings. The Morgan fingerprint density at radius 1 is 1.20 bits per heavy atom. The molecule has 0 aliphatic rings. The summed E-state index contributed by atoms with van der Waals surface area (Å²) in [5.41, 5.74) is 6.19. The second-order valence-electron chi connectivity index (χ2n) is 4.27. The Balaban J connectivity index is 1.87. The maximum Gasteiger partial charge on any atom is 0.250 e. The summed E-state index contributed by atoms with van der Waals surface area (Å²) in [5.74, 6) is 0.785. The number of nitrogens with two attached hydrogens (primary N) is 1. The number of rotatable bonds is 5. The van der Waals surface area contributed by atoms with E-state index in [1.807, 2.05) is 18.2 Å². The summed E-state index contributed by atoms with van der Waals surface area (Å²) < 4.78 is 9.15. The number of ether oxygens (including phenoxy) is 1. The van der Waals surface area contributed by atoms with Crippen LogP contribution in [0.3, 0.4) is 0 Å². The summed E-state index contributed by atoms with van der Waals surface area (Å²) in [6, 6.07) is 8.82. The van der Waals surface area contributed by atoms with Crippen molar-refractivity contribution in [3.8, 4) is 5.75 Å². The normalized spacial score (nSPS) is 10.5. The number of benzene rings is 1. The number of halogens is 2. The van der Waals surface area contributed by atoms with Crippen LogP contribution in [0.25, 0.3) is 0 Å². The van der Waals surface area contributed by atoms with Crippen LogP contribution in [0, 0.1) is 0 Å². The summed E-state index contributed by atoms with van der Waals surface area (Å²) in [4.78, 5) is 11.6. The molecule has 1 aromatic carbocycles. The van der Waals surface area contributed by atoms with E-state index in [0.29, 0.717) is 18.8 Å². The predicted octanol–water partition coefficient (Wildman–Crippen LogP) is 3.42. The fourth-order valence-corrected chi connectivity index (χ4v) is 2.90. The molecule has 0 radical (unpaired) electrons. The molecular weight excluding hydrogens is 388 g/mol. The molecule has 0 unspecified atom stereocenters. The molecule has 0 bridgehead atoms. The third-order valence-electron chi connectivity index (χ3n) is 2.70. The van der Waals surface area contributed by atoms with Crippen molar-refractivity contribution in [1.82, 2.24) is 4.57 Å². The van der Waals surface area contributed by atoms with E-state index >= 15 is 0 Å². The van der Waals surface area contributed by atoms with Crippen LogP contribution in [0.1, 0.15) is 6.42 Å². The average Bonchev–Trinajstić information content (AvgIpc) is 2.40. The second kappa shape index (κ2) is 6.95. The Labute approximate surface area is 133 Å². The van der Waals surface area contributed by atoms with Crippen LogP contribution >= 0.6 is 31.9 Å². The van der Waals surface area contributed by atoms with Crippen molar-refractivity contribution >= 4 is 37.5 Å². The SMILES string of the molecule is Nc1ccc(=O)n(CCCOc2ccc(Br)cc2Br)c1. The maximum atomic E-state index is 11.6. The van der Waals surface area contributed by atoms with Gasteiger partial charge in [0.25, 0.3) is 5.56 Å². The minimum Gasteiger partial charge on any atom is -0.492 e. The van der Waals surface area contributed by atoms with E-state index in [1.54, 1.807) is 16.8 Å². The van der Waals surface area contributed by atoms with Crippen molar-refractivity contribution in [3.05, 3.63) is 55.8 Å². The van der Waals surface area contributed by atoms with Crippen LogP contribution in [-0.4, -0.2) is 11.2 Å². The topological polar surface area (TPSA) is 57.2 Å². The lowest BCUT2D eigenvalue weighted by atomic mass is 10.3. The maximum absolute atomic E-state index is 11.6. The molecule has 1 aromatic heterocycles. The molecule has 106 valence electrons. The van der Waals surface area contributed by atoms with Gasteiger partial charge in [0, 0.05) is 29.0 Å². The molecule has 20 heavy (non-hydrogen) atoms. The first-order valence-corrected chi connectivity index (χ1v) is 7.68. The van der Waals surface area contributed by atoms with Gasteiger partial charge in [0.05, 0.1) is 11.1 Å². The van der Waals surface area contributed by atoms with Crippen LogP contribution in [0.4, 0.5) is 5.69 Å². The summed E-state index contributed by atoms with van der Waals surface area (Å²) in [5, 5.41) is 0. The van der Waals surface area contributed by atoms with Crippen molar-refractivity contribution in [2.45, 2.75) is 13.0 Å². The minimum atomic E-state index is -0.0518. The summed E-state index contributed by atoms with van der Waals surface area (Å²) in [6.45, 7) is 1.11. The van der Waals surface area contributed by atoms with E-state index in [0.717, 1.165) is 21.1 Å². The quantitative estimate of drug-likeness (QED) is 0.781. The molecule has 0 amide bonds. The Hall–Kier alpha value is -1.27. The molecule has 0 spiro atoms. The smallest absolute Gasteiger partial charge is 0.250 e. The zero-order chi connectivity index (χ0) is 14.5. The van der Waals surface area contributed by atoms with Gasteiger partial charge >= 0.3 is 0 Å². The van der Waals surface area contributed by atoms with E-state index < -0.39 is 0 Å². The number of pyridine rings is 1. The number of anilines is 1. The molecule has 6 heteroatoms. The zero-order valence-electron chi connectivity index (χ0n) is 10.7. The van der Waals surface area contributed by atoms with E-state index in [4.69, 9.17) is 10.5 Å². The van der Waals surface area contributed by atoms with Crippen LogP contribution in [0.5, 0.6) is 5.75 Å². The zero-order valence-corrected chi connectivity index (χ0v) is 13.9. The molecule has 0 aliphatic heterocycles. The highest BCUT2D eigenvalue weighted by Crippen LogP contribution is 2.28. The number of hydrogen-bond donors (Lipinski definition) is 1. The molecule has 0 atom stereocenters. The number of nitrogens with zero attached hydrogens (tertiary/aromatic N) is 1. The first-order chi connectivity index (χ1) is 9.56. The van der Waals surface area contributed by atoms with Crippen molar-refractivity contribution in [2.24, 2.45) is 0 Å². The van der Waals surface area contributed by atoms with Crippen LogP contribution < -0.4 is 16.0 Å². The molecule has 0 saturated heterocycles. The molecule has 0 fully saturated rings. The third-order valence-corrected chi connectivity index (χ3v) is 3.81. The monoisotopic (exact) mass is 400 g/mol. The van der Waals surface area contributed by atoms with Gasteiger partial charge in [-0.05, 0) is 46.6 Å². The molecule has 2 rings (SSSR count). The van der Waals surface area contributed by atoms with Crippen LogP contribution in [0.2, 0.25) is 0 Å². The van der Waals surface area contributed by atoms with Crippen molar-refractivity contribution in [1.29, 1.82) is 0 Å². The highest BCUT2D eigenvalue weighted by Gasteiger charge is 2.02. The molecule has 2 N–H and O–H groups in total. The van der Waals surface area contributed by atoms with Gasteiger partial charge in [0.2, 0.25) is 0 Å². The van der Waals surface area contributed by atoms with Gasteiger partial charge in [-0.15, -0.1) is 0 Å². The first-order valence-electron chi connectivity index (χ1n) is 6.10. The van der Waals surface area contributed by atoms with Crippen molar-refractivity contribution < 1.29 is 4.74 Å². The largest absolute Gasteiger partial charge is 0.492 e.